The molecule has 0 aliphatic rings. The minimum atomic E-state index is -0.190. The Balaban J connectivity index is 2.13. The molecule has 0 aliphatic heterocycles. The Morgan fingerprint density at radius 2 is 1.78 bits per heavy atom. The summed E-state index contributed by atoms with van der Waals surface area (Å²) < 4.78 is 13.9. The van der Waals surface area contributed by atoms with E-state index < -0.39 is 0 Å². The number of hydrogen-bond acceptors (Lipinski definition) is 0. The molecular weight excluding hydrogens is 359 g/mol. The van der Waals surface area contributed by atoms with Crippen LogP contribution in [0.15, 0.2) is 46.9 Å². The van der Waals surface area contributed by atoms with E-state index in [1.54, 1.807) is 0 Å². The second-order valence-corrected chi connectivity index (χ2v) is 6.27. The molecule has 0 heterocycles. The first-order valence-electron chi connectivity index (χ1n) is 5.71. The molecule has 3 heteroatoms. The number of halogens is 3. The molecule has 0 aromatic heterocycles. The fraction of sp³-hybridized carbons (Fsp3) is 0.200. The van der Waals surface area contributed by atoms with E-state index in [0.717, 1.165) is 16.5 Å². The fourth-order valence-corrected chi connectivity index (χ4v) is 2.71. The lowest BCUT2D eigenvalue weighted by Crippen LogP contribution is -1.96. The Bertz CT molecular complexity index is 535. The summed E-state index contributed by atoms with van der Waals surface area (Å²) in [6, 6.07) is 13.0. The lowest BCUT2D eigenvalue weighted by Gasteiger charge is -2.12. The predicted molar refractivity (Wildman–Crippen MR) is 80.7 cm³/mol. The normalized spacial score (nSPS) is 12.4. The summed E-state index contributed by atoms with van der Waals surface area (Å²) in [5.41, 5.74) is 3.58. The van der Waals surface area contributed by atoms with Crippen LogP contribution in [-0.4, -0.2) is 0 Å². The van der Waals surface area contributed by atoms with Gasteiger partial charge in [0.2, 0.25) is 0 Å². The molecule has 0 nitrogen and oxygen atoms in total. The Hall–Kier alpha value is -0.670. The molecule has 0 radical (unpaired) electrons. The number of alkyl halides is 1. The van der Waals surface area contributed by atoms with Gasteiger partial charge in [-0.1, -0.05) is 56.1 Å². The highest BCUT2D eigenvalue weighted by atomic mass is 79.9. The summed E-state index contributed by atoms with van der Waals surface area (Å²) in [6.45, 7) is 2.07. The first-order chi connectivity index (χ1) is 8.56. The van der Waals surface area contributed by atoms with E-state index in [9.17, 15) is 4.39 Å². The Morgan fingerprint density at radius 1 is 1.11 bits per heavy atom. The third-order valence-corrected chi connectivity index (χ3v) is 4.61. The predicted octanol–water partition coefficient (Wildman–Crippen LogP) is 5.58. The molecule has 0 saturated heterocycles. The highest BCUT2D eigenvalue weighted by molar-refractivity contribution is 9.10. The molecule has 2 aromatic carbocycles. The van der Waals surface area contributed by atoms with E-state index in [2.05, 4.69) is 57.0 Å². The van der Waals surface area contributed by atoms with Crippen molar-refractivity contribution in [3.63, 3.8) is 0 Å². The molecule has 1 unspecified atom stereocenters. The van der Waals surface area contributed by atoms with Crippen LogP contribution >= 0.6 is 31.9 Å². The van der Waals surface area contributed by atoms with Crippen molar-refractivity contribution < 1.29 is 4.39 Å². The van der Waals surface area contributed by atoms with Crippen LogP contribution in [0.1, 0.15) is 21.5 Å². The van der Waals surface area contributed by atoms with Crippen molar-refractivity contribution in [3.05, 3.63) is 69.4 Å². The molecule has 2 aromatic rings. The van der Waals surface area contributed by atoms with Gasteiger partial charge in [0.15, 0.2) is 0 Å². The van der Waals surface area contributed by atoms with E-state index >= 15 is 0 Å². The zero-order chi connectivity index (χ0) is 13.1. The summed E-state index contributed by atoms with van der Waals surface area (Å²) in [7, 11) is 0. The van der Waals surface area contributed by atoms with Crippen molar-refractivity contribution in [1.29, 1.82) is 0 Å². The van der Waals surface area contributed by atoms with Gasteiger partial charge in [0.1, 0.15) is 5.82 Å². The fourth-order valence-electron chi connectivity index (χ4n) is 1.81. The highest BCUT2D eigenvalue weighted by Gasteiger charge is 2.09. The van der Waals surface area contributed by atoms with Crippen LogP contribution in [0.2, 0.25) is 0 Å². The molecule has 0 amide bonds. The van der Waals surface area contributed by atoms with E-state index in [4.69, 9.17) is 0 Å². The quantitative estimate of drug-likeness (QED) is 0.618. The van der Waals surface area contributed by atoms with Crippen LogP contribution in [0.3, 0.4) is 0 Å². The standard InChI is InChI=1S/C15H13Br2F/c1-10-8-12(4-7-14(10)16)15(17)9-11-2-5-13(18)6-3-11/h2-8,15H,9H2,1H3. The summed E-state index contributed by atoms with van der Waals surface area (Å²) in [6.07, 6.45) is 0.849. The van der Waals surface area contributed by atoms with Gasteiger partial charge >= 0.3 is 0 Å². The van der Waals surface area contributed by atoms with Crippen LogP contribution in [0.4, 0.5) is 4.39 Å². The van der Waals surface area contributed by atoms with Crippen molar-refractivity contribution in [2.75, 3.05) is 0 Å². The van der Waals surface area contributed by atoms with Crippen LogP contribution in [0.25, 0.3) is 0 Å². The van der Waals surface area contributed by atoms with E-state index in [1.165, 1.54) is 23.3 Å². The molecule has 0 aliphatic carbocycles. The lowest BCUT2D eigenvalue weighted by atomic mass is 10.0. The Kier molecular flexibility index (Phi) is 4.57. The molecule has 0 spiro atoms. The smallest absolute Gasteiger partial charge is 0.123 e. The maximum atomic E-state index is 12.8. The molecule has 0 N–H and O–H groups in total. The number of rotatable bonds is 3. The molecule has 18 heavy (non-hydrogen) atoms. The Morgan fingerprint density at radius 3 is 2.39 bits per heavy atom. The maximum absolute atomic E-state index is 12.8. The van der Waals surface area contributed by atoms with Crippen molar-refractivity contribution in [3.8, 4) is 0 Å². The first kappa shape index (κ1) is 13.8. The topological polar surface area (TPSA) is 0 Å². The zero-order valence-corrected chi connectivity index (χ0v) is 13.1. The molecule has 94 valence electrons. The number of benzene rings is 2. The summed E-state index contributed by atoms with van der Waals surface area (Å²) in [4.78, 5) is 0.245. The monoisotopic (exact) mass is 370 g/mol. The van der Waals surface area contributed by atoms with E-state index in [1.807, 2.05) is 12.1 Å². The van der Waals surface area contributed by atoms with E-state index in [-0.39, 0.29) is 10.6 Å². The van der Waals surface area contributed by atoms with Gasteiger partial charge in [-0.25, -0.2) is 4.39 Å². The SMILES string of the molecule is Cc1cc(C(Br)Cc2ccc(F)cc2)ccc1Br. The van der Waals surface area contributed by atoms with Crippen molar-refractivity contribution >= 4 is 31.9 Å². The molecule has 0 bridgehead atoms. The van der Waals surface area contributed by atoms with Crippen LogP contribution in [-0.2, 0) is 6.42 Å². The van der Waals surface area contributed by atoms with Crippen molar-refractivity contribution in [2.24, 2.45) is 0 Å². The zero-order valence-electron chi connectivity index (χ0n) is 9.96. The van der Waals surface area contributed by atoms with Gasteiger partial charge in [0.25, 0.3) is 0 Å². The lowest BCUT2D eigenvalue weighted by molar-refractivity contribution is 0.627. The second kappa shape index (κ2) is 5.98. The van der Waals surface area contributed by atoms with Gasteiger partial charge in [0, 0.05) is 9.30 Å². The van der Waals surface area contributed by atoms with Crippen LogP contribution < -0.4 is 0 Å². The average Bonchev–Trinajstić information content (AvgIpc) is 2.35. The van der Waals surface area contributed by atoms with Gasteiger partial charge < -0.3 is 0 Å². The van der Waals surface area contributed by atoms with Crippen molar-refractivity contribution in [2.45, 2.75) is 18.2 Å². The van der Waals surface area contributed by atoms with Gasteiger partial charge in [-0.3, -0.25) is 0 Å². The molecular formula is C15H13Br2F. The van der Waals surface area contributed by atoms with Gasteiger partial charge in [-0.2, -0.15) is 0 Å². The number of aryl methyl sites for hydroxylation is 1. The third-order valence-electron chi connectivity index (χ3n) is 2.87. The summed E-state index contributed by atoms with van der Waals surface area (Å²) >= 11 is 7.19. The van der Waals surface area contributed by atoms with Crippen LogP contribution in [0.5, 0.6) is 0 Å². The molecule has 1 atom stereocenters. The van der Waals surface area contributed by atoms with Crippen molar-refractivity contribution in [1.82, 2.24) is 0 Å². The Labute approximate surface area is 123 Å². The third kappa shape index (κ3) is 3.42. The maximum Gasteiger partial charge on any atom is 0.123 e. The first-order valence-corrected chi connectivity index (χ1v) is 7.41. The molecule has 0 fully saturated rings. The van der Waals surface area contributed by atoms with Crippen LogP contribution in [0, 0.1) is 12.7 Å². The largest absolute Gasteiger partial charge is 0.207 e. The second-order valence-electron chi connectivity index (χ2n) is 4.31. The van der Waals surface area contributed by atoms with E-state index in [0.29, 0.717) is 0 Å². The van der Waals surface area contributed by atoms with Gasteiger partial charge in [-0.05, 0) is 48.2 Å². The average molecular weight is 372 g/mol. The minimum absolute atomic E-state index is 0.190. The minimum Gasteiger partial charge on any atom is -0.207 e. The van der Waals surface area contributed by atoms with Gasteiger partial charge in [0.05, 0.1) is 0 Å². The molecule has 2 rings (SSSR count). The van der Waals surface area contributed by atoms with Gasteiger partial charge in [-0.15, -0.1) is 0 Å². The highest BCUT2D eigenvalue weighted by Crippen LogP contribution is 2.29. The summed E-state index contributed by atoms with van der Waals surface area (Å²) in [5.74, 6) is -0.190. The number of hydrogen-bond donors (Lipinski definition) is 0. The molecule has 0 saturated carbocycles. The summed E-state index contributed by atoms with van der Waals surface area (Å²) in [5, 5.41) is 0.